The standard InChI is InChI=1S/C18H24N2O4S2/c1-5-18(2,3)19-16(21)13-20(14-9-6-7-10-15(14)24-4)26(22,23)17-11-8-12-25-17/h6-12H,5,13H2,1-4H3,(H,19,21). The fourth-order valence-electron chi connectivity index (χ4n) is 2.29. The van der Waals surface area contributed by atoms with Crippen LogP contribution >= 0.6 is 11.3 Å². The average molecular weight is 397 g/mol. The minimum atomic E-state index is -3.89. The first-order chi connectivity index (χ1) is 12.2. The van der Waals surface area contributed by atoms with Gasteiger partial charge in [-0.2, -0.15) is 0 Å². The number of thiophene rings is 1. The maximum absolute atomic E-state index is 13.1. The predicted molar refractivity (Wildman–Crippen MR) is 104 cm³/mol. The summed E-state index contributed by atoms with van der Waals surface area (Å²) in [7, 11) is -2.42. The Bertz CT molecular complexity index is 846. The normalized spacial score (nSPS) is 11.8. The SMILES string of the molecule is CCC(C)(C)NC(=O)CN(c1ccccc1OC)S(=O)(=O)c1cccs1. The number of nitrogens with one attached hydrogen (secondary N) is 1. The Labute approximate surface area is 158 Å². The van der Waals surface area contributed by atoms with Gasteiger partial charge >= 0.3 is 0 Å². The molecule has 0 aliphatic rings. The number of benzene rings is 1. The maximum atomic E-state index is 13.1. The van der Waals surface area contributed by atoms with Gasteiger partial charge in [0.25, 0.3) is 10.0 Å². The van der Waals surface area contributed by atoms with Crippen LogP contribution in [0.25, 0.3) is 0 Å². The summed E-state index contributed by atoms with van der Waals surface area (Å²) in [5, 5.41) is 4.57. The largest absolute Gasteiger partial charge is 0.495 e. The molecular formula is C18H24N2O4S2. The molecule has 8 heteroatoms. The third-order valence-corrected chi connectivity index (χ3v) is 7.17. The lowest BCUT2D eigenvalue weighted by atomic mass is 10.0. The van der Waals surface area contributed by atoms with Crippen LogP contribution in [0.4, 0.5) is 5.69 Å². The van der Waals surface area contributed by atoms with Crippen molar-refractivity contribution < 1.29 is 17.9 Å². The number of carbonyl (C=O) groups is 1. The number of hydrogen-bond donors (Lipinski definition) is 1. The molecule has 0 fully saturated rings. The van der Waals surface area contributed by atoms with Crippen molar-refractivity contribution in [2.45, 2.75) is 36.9 Å². The van der Waals surface area contributed by atoms with Crippen LogP contribution in [0, 0.1) is 0 Å². The molecule has 142 valence electrons. The molecule has 1 amide bonds. The van der Waals surface area contributed by atoms with Crippen LogP contribution in [0.1, 0.15) is 27.2 Å². The van der Waals surface area contributed by atoms with E-state index in [0.29, 0.717) is 11.4 Å². The monoisotopic (exact) mass is 396 g/mol. The van der Waals surface area contributed by atoms with Crippen molar-refractivity contribution >= 4 is 33.0 Å². The van der Waals surface area contributed by atoms with Crippen LogP contribution in [0.2, 0.25) is 0 Å². The Morgan fingerprint density at radius 1 is 1.23 bits per heavy atom. The van der Waals surface area contributed by atoms with Crippen molar-refractivity contribution in [3.63, 3.8) is 0 Å². The molecule has 0 radical (unpaired) electrons. The number of rotatable bonds is 8. The Balaban J connectivity index is 2.45. The molecule has 0 saturated heterocycles. The molecule has 2 aromatic rings. The quantitative estimate of drug-likeness (QED) is 0.743. The van der Waals surface area contributed by atoms with Crippen molar-refractivity contribution in [1.82, 2.24) is 5.32 Å². The summed E-state index contributed by atoms with van der Waals surface area (Å²) < 4.78 is 32.8. The van der Waals surface area contributed by atoms with Crippen molar-refractivity contribution in [1.29, 1.82) is 0 Å². The van der Waals surface area contributed by atoms with Crippen LogP contribution in [0.5, 0.6) is 5.75 Å². The lowest BCUT2D eigenvalue weighted by Crippen LogP contribution is -2.48. The molecule has 0 bridgehead atoms. The zero-order valence-electron chi connectivity index (χ0n) is 15.4. The second-order valence-corrected chi connectivity index (χ2v) is 9.44. The summed E-state index contributed by atoms with van der Waals surface area (Å²) in [6, 6.07) is 9.94. The smallest absolute Gasteiger partial charge is 0.274 e. The average Bonchev–Trinajstić information content (AvgIpc) is 3.14. The van der Waals surface area contributed by atoms with Gasteiger partial charge < -0.3 is 10.1 Å². The first-order valence-electron chi connectivity index (χ1n) is 8.21. The second kappa shape index (κ2) is 8.09. The zero-order chi connectivity index (χ0) is 19.4. The number of carbonyl (C=O) groups excluding carboxylic acids is 1. The van der Waals surface area contributed by atoms with E-state index < -0.39 is 15.6 Å². The minimum Gasteiger partial charge on any atom is -0.495 e. The van der Waals surface area contributed by atoms with Gasteiger partial charge in [-0.1, -0.05) is 25.1 Å². The van der Waals surface area contributed by atoms with Crippen LogP contribution in [-0.2, 0) is 14.8 Å². The minimum absolute atomic E-state index is 0.172. The summed E-state index contributed by atoms with van der Waals surface area (Å²) in [4.78, 5) is 12.6. The summed E-state index contributed by atoms with van der Waals surface area (Å²) in [5.74, 6) is 0.0121. The van der Waals surface area contributed by atoms with E-state index in [0.717, 1.165) is 22.1 Å². The van der Waals surface area contributed by atoms with Gasteiger partial charge in [-0.3, -0.25) is 9.10 Å². The third-order valence-electron chi connectivity index (χ3n) is 4.04. The highest BCUT2D eigenvalue weighted by atomic mass is 32.2. The predicted octanol–water partition coefficient (Wildman–Crippen LogP) is 3.26. The fourth-order valence-corrected chi connectivity index (χ4v) is 4.83. The Kier molecular flexibility index (Phi) is 6.30. The van der Waals surface area contributed by atoms with Gasteiger partial charge in [-0.15, -0.1) is 11.3 Å². The molecule has 0 atom stereocenters. The van der Waals surface area contributed by atoms with E-state index in [9.17, 15) is 13.2 Å². The molecule has 1 aromatic carbocycles. The van der Waals surface area contributed by atoms with Gasteiger partial charge in [0.15, 0.2) is 0 Å². The zero-order valence-corrected chi connectivity index (χ0v) is 17.0. The van der Waals surface area contributed by atoms with E-state index in [1.165, 1.54) is 13.2 Å². The highest BCUT2D eigenvalue weighted by Crippen LogP contribution is 2.33. The molecule has 1 heterocycles. The second-order valence-electron chi connectivity index (χ2n) is 6.40. The van der Waals surface area contributed by atoms with Crippen molar-refractivity contribution in [3.8, 4) is 5.75 Å². The van der Waals surface area contributed by atoms with E-state index in [1.54, 1.807) is 35.7 Å². The summed E-state index contributed by atoms with van der Waals surface area (Å²) in [6.45, 7) is 5.42. The van der Waals surface area contributed by atoms with Crippen LogP contribution in [0.3, 0.4) is 0 Å². The van der Waals surface area contributed by atoms with Crippen LogP contribution in [-0.4, -0.2) is 33.5 Å². The van der Waals surface area contributed by atoms with Gasteiger partial charge in [0.1, 0.15) is 16.5 Å². The highest BCUT2D eigenvalue weighted by molar-refractivity contribution is 7.94. The molecule has 2 rings (SSSR count). The van der Waals surface area contributed by atoms with E-state index in [-0.39, 0.29) is 16.7 Å². The summed E-state index contributed by atoms with van der Waals surface area (Å²) in [6.07, 6.45) is 0.727. The number of anilines is 1. The van der Waals surface area contributed by atoms with Gasteiger partial charge in [0.05, 0.1) is 12.8 Å². The molecule has 0 aliphatic heterocycles. The molecule has 6 nitrogen and oxygen atoms in total. The van der Waals surface area contributed by atoms with E-state index in [1.807, 2.05) is 20.8 Å². The molecular weight excluding hydrogens is 372 g/mol. The summed E-state index contributed by atoms with van der Waals surface area (Å²) >= 11 is 1.11. The maximum Gasteiger partial charge on any atom is 0.274 e. The number of hydrogen-bond acceptors (Lipinski definition) is 5. The number of para-hydroxylation sites is 2. The number of amides is 1. The molecule has 26 heavy (non-hydrogen) atoms. The topological polar surface area (TPSA) is 75.7 Å². The molecule has 0 aliphatic carbocycles. The van der Waals surface area contributed by atoms with Crippen molar-refractivity contribution in [2.75, 3.05) is 18.0 Å². The highest BCUT2D eigenvalue weighted by Gasteiger charge is 2.31. The van der Waals surface area contributed by atoms with Gasteiger partial charge in [-0.25, -0.2) is 8.42 Å². The Hall–Kier alpha value is -2.06. The number of sulfonamides is 1. The third kappa shape index (κ3) is 4.56. The Morgan fingerprint density at radius 3 is 2.50 bits per heavy atom. The van der Waals surface area contributed by atoms with Gasteiger partial charge in [-0.05, 0) is 43.8 Å². The first-order valence-corrected chi connectivity index (χ1v) is 10.5. The van der Waals surface area contributed by atoms with Crippen LogP contribution < -0.4 is 14.4 Å². The van der Waals surface area contributed by atoms with Gasteiger partial charge in [0, 0.05) is 5.54 Å². The molecule has 1 aromatic heterocycles. The fraction of sp³-hybridized carbons (Fsp3) is 0.389. The lowest BCUT2D eigenvalue weighted by molar-refractivity contribution is -0.121. The van der Waals surface area contributed by atoms with Crippen molar-refractivity contribution in [2.24, 2.45) is 0 Å². The van der Waals surface area contributed by atoms with Crippen LogP contribution in [0.15, 0.2) is 46.0 Å². The molecule has 0 unspecified atom stereocenters. The number of methoxy groups -OCH3 is 1. The lowest BCUT2D eigenvalue weighted by Gasteiger charge is -2.28. The van der Waals surface area contributed by atoms with E-state index >= 15 is 0 Å². The molecule has 0 spiro atoms. The molecule has 0 saturated carbocycles. The number of nitrogens with zero attached hydrogens (tertiary/aromatic N) is 1. The van der Waals surface area contributed by atoms with Crippen molar-refractivity contribution in [3.05, 3.63) is 41.8 Å². The Morgan fingerprint density at radius 2 is 1.92 bits per heavy atom. The van der Waals surface area contributed by atoms with Gasteiger partial charge in [0.2, 0.25) is 5.91 Å². The summed E-state index contributed by atoms with van der Waals surface area (Å²) in [5.41, 5.74) is -0.0937. The molecule has 1 N–H and O–H groups in total. The first kappa shape index (κ1) is 20.3. The van der Waals surface area contributed by atoms with E-state index in [4.69, 9.17) is 4.74 Å². The van der Waals surface area contributed by atoms with E-state index in [2.05, 4.69) is 5.32 Å². The number of ether oxygens (including phenoxy) is 1.